The molecular formula is C17H14BrN5O. The molecule has 0 radical (unpaired) electrons. The first-order chi connectivity index (χ1) is 11.7. The highest BCUT2D eigenvalue weighted by Gasteiger charge is 2.08. The second-order valence-corrected chi connectivity index (χ2v) is 5.92. The molecule has 0 atom stereocenters. The average Bonchev–Trinajstić information content (AvgIpc) is 3.06. The topological polar surface area (TPSA) is 72.2 Å². The lowest BCUT2D eigenvalue weighted by atomic mass is 10.2. The lowest BCUT2D eigenvalue weighted by Gasteiger charge is -2.02. The monoisotopic (exact) mass is 383 g/mol. The molecule has 6 nitrogen and oxygen atoms in total. The van der Waals surface area contributed by atoms with E-state index in [1.165, 1.54) is 0 Å². The van der Waals surface area contributed by atoms with Crippen LogP contribution >= 0.6 is 15.9 Å². The summed E-state index contributed by atoms with van der Waals surface area (Å²) in [5, 5.41) is 8.18. The van der Waals surface area contributed by atoms with E-state index in [4.69, 9.17) is 0 Å². The van der Waals surface area contributed by atoms with E-state index in [-0.39, 0.29) is 5.91 Å². The molecule has 2 heterocycles. The van der Waals surface area contributed by atoms with Crippen LogP contribution in [0.5, 0.6) is 0 Å². The fraction of sp³-hybridized carbons (Fsp3) is 0.0588. The van der Waals surface area contributed by atoms with Crippen LogP contribution in [0.25, 0.3) is 0 Å². The summed E-state index contributed by atoms with van der Waals surface area (Å²) >= 11 is 3.40. The Morgan fingerprint density at radius 1 is 1.17 bits per heavy atom. The normalized spacial score (nSPS) is 10.9. The van der Waals surface area contributed by atoms with Gasteiger partial charge < -0.3 is 0 Å². The van der Waals surface area contributed by atoms with Gasteiger partial charge in [0.05, 0.1) is 12.8 Å². The second-order valence-electron chi connectivity index (χ2n) is 5.00. The summed E-state index contributed by atoms with van der Waals surface area (Å²) in [7, 11) is 0. The molecule has 2 aromatic heterocycles. The van der Waals surface area contributed by atoms with Crippen LogP contribution in [0.15, 0.2) is 70.6 Å². The van der Waals surface area contributed by atoms with Crippen molar-refractivity contribution in [1.29, 1.82) is 0 Å². The number of amides is 1. The van der Waals surface area contributed by atoms with Gasteiger partial charge >= 0.3 is 0 Å². The molecule has 7 heteroatoms. The number of hydrogen-bond acceptors (Lipinski definition) is 4. The highest BCUT2D eigenvalue weighted by Crippen LogP contribution is 2.11. The van der Waals surface area contributed by atoms with Crippen molar-refractivity contribution in [3.8, 4) is 0 Å². The SMILES string of the molecule is O=C(NN=Cc1ccncc1)c1ccn(Cc2ccc(Br)cc2)n1. The van der Waals surface area contributed by atoms with Gasteiger partial charge in [-0.3, -0.25) is 14.5 Å². The van der Waals surface area contributed by atoms with Crippen molar-refractivity contribution in [3.63, 3.8) is 0 Å². The van der Waals surface area contributed by atoms with Crippen molar-refractivity contribution < 1.29 is 4.79 Å². The maximum atomic E-state index is 12.0. The first-order valence-corrected chi connectivity index (χ1v) is 8.01. The van der Waals surface area contributed by atoms with Crippen molar-refractivity contribution in [2.24, 2.45) is 5.10 Å². The molecule has 0 saturated heterocycles. The Kier molecular flexibility index (Phi) is 5.12. The molecule has 24 heavy (non-hydrogen) atoms. The fourth-order valence-corrected chi connectivity index (χ4v) is 2.28. The van der Waals surface area contributed by atoms with Crippen molar-refractivity contribution >= 4 is 28.1 Å². The van der Waals surface area contributed by atoms with Crippen molar-refractivity contribution in [3.05, 3.63) is 82.3 Å². The predicted molar refractivity (Wildman–Crippen MR) is 94.8 cm³/mol. The number of hydrogen-bond donors (Lipinski definition) is 1. The summed E-state index contributed by atoms with van der Waals surface area (Å²) in [6.07, 6.45) is 6.64. The van der Waals surface area contributed by atoms with Gasteiger partial charge in [0, 0.05) is 23.1 Å². The molecule has 1 aromatic carbocycles. The van der Waals surface area contributed by atoms with Gasteiger partial charge in [-0.05, 0) is 41.5 Å². The van der Waals surface area contributed by atoms with Gasteiger partial charge in [-0.1, -0.05) is 28.1 Å². The fourth-order valence-electron chi connectivity index (χ4n) is 2.02. The number of nitrogens with zero attached hydrogens (tertiary/aromatic N) is 4. The molecular weight excluding hydrogens is 370 g/mol. The molecule has 0 aliphatic heterocycles. The summed E-state index contributed by atoms with van der Waals surface area (Å²) in [5.41, 5.74) is 4.73. The van der Waals surface area contributed by atoms with Gasteiger partial charge in [-0.25, -0.2) is 5.43 Å². The number of hydrazone groups is 1. The van der Waals surface area contributed by atoms with E-state index < -0.39 is 0 Å². The largest absolute Gasteiger partial charge is 0.291 e. The molecule has 1 N–H and O–H groups in total. The van der Waals surface area contributed by atoms with Crippen LogP contribution in [-0.2, 0) is 6.54 Å². The smallest absolute Gasteiger partial charge is 0.268 e. The highest BCUT2D eigenvalue weighted by atomic mass is 79.9. The third-order valence-corrected chi connectivity index (χ3v) is 3.75. The number of aromatic nitrogens is 3. The maximum absolute atomic E-state index is 12.0. The van der Waals surface area contributed by atoms with Crippen LogP contribution in [0.1, 0.15) is 21.6 Å². The van der Waals surface area contributed by atoms with E-state index in [0.717, 1.165) is 15.6 Å². The molecule has 0 aliphatic rings. The molecule has 1 amide bonds. The number of benzene rings is 1. The Morgan fingerprint density at radius 2 is 1.92 bits per heavy atom. The lowest BCUT2D eigenvalue weighted by molar-refractivity contribution is 0.0949. The van der Waals surface area contributed by atoms with Crippen LogP contribution in [0.3, 0.4) is 0 Å². The minimum atomic E-state index is -0.352. The quantitative estimate of drug-likeness (QED) is 0.543. The first-order valence-electron chi connectivity index (χ1n) is 7.22. The van der Waals surface area contributed by atoms with Gasteiger partial charge in [0.25, 0.3) is 5.91 Å². The number of nitrogens with one attached hydrogen (secondary N) is 1. The molecule has 3 rings (SSSR count). The number of carbonyl (C=O) groups is 1. The van der Waals surface area contributed by atoms with Gasteiger partial charge in [0.2, 0.25) is 0 Å². The molecule has 0 spiro atoms. The Bertz CT molecular complexity index is 843. The molecule has 0 fully saturated rings. The number of pyridine rings is 1. The molecule has 0 aliphatic carbocycles. The van der Waals surface area contributed by atoms with Crippen LogP contribution < -0.4 is 5.43 Å². The standard InChI is InChI=1S/C17H14BrN5O/c18-15-3-1-14(2-4-15)12-23-10-7-16(22-23)17(24)21-20-11-13-5-8-19-9-6-13/h1-11H,12H2,(H,21,24). The summed E-state index contributed by atoms with van der Waals surface area (Å²) in [6.45, 7) is 0.598. The highest BCUT2D eigenvalue weighted by molar-refractivity contribution is 9.10. The van der Waals surface area contributed by atoms with Gasteiger partial charge in [-0.2, -0.15) is 10.2 Å². The molecule has 0 unspecified atom stereocenters. The van der Waals surface area contributed by atoms with E-state index in [0.29, 0.717) is 12.2 Å². The minimum Gasteiger partial charge on any atom is -0.268 e. The zero-order valence-electron chi connectivity index (χ0n) is 12.6. The lowest BCUT2D eigenvalue weighted by Crippen LogP contribution is -2.18. The van der Waals surface area contributed by atoms with Gasteiger partial charge in [-0.15, -0.1) is 0 Å². The summed E-state index contributed by atoms with van der Waals surface area (Å²) in [6, 6.07) is 13.2. The zero-order chi connectivity index (χ0) is 16.8. The molecule has 0 bridgehead atoms. The molecule has 0 saturated carbocycles. The van der Waals surface area contributed by atoms with E-state index in [1.807, 2.05) is 24.3 Å². The molecule has 3 aromatic rings. The van der Waals surface area contributed by atoms with Crippen LogP contribution in [0.2, 0.25) is 0 Å². The number of rotatable bonds is 5. The van der Waals surface area contributed by atoms with E-state index in [9.17, 15) is 4.79 Å². The van der Waals surface area contributed by atoms with Crippen LogP contribution in [-0.4, -0.2) is 26.9 Å². The first kappa shape index (κ1) is 16.1. The van der Waals surface area contributed by atoms with Crippen molar-refractivity contribution in [1.82, 2.24) is 20.2 Å². The van der Waals surface area contributed by atoms with Gasteiger partial charge in [0.15, 0.2) is 5.69 Å². The average molecular weight is 384 g/mol. The Morgan fingerprint density at radius 3 is 2.67 bits per heavy atom. The maximum Gasteiger partial charge on any atom is 0.291 e. The summed E-state index contributed by atoms with van der Waals surface area (Å²) in [5.74, 6) is -0.352. The minimum absolute atomic E-state index is 0.319. The van der Waals surface area contributed by atoms with Crippen LogP contribution in [0, 0.1) is 0 Å². The zero-order valence-corrected chi connectivity index (χ0v) is 14.2. The predicted octanol–water partition coefficient (Wildman–Crippen LogP) is 2.85. The van der Waals surface area contributed by atoms with E-state index in [1.54, 1.807) is 47.7 Å². The Labute approximate surface area is 147 Å². The van der Waals surface area contributed by atoms with Crippen molar-refractivity contribution in [2.75, 3.05) is 0 Å². The second kappa shape index (κ2) is 7.65. The van der Waals surface area contributed by atoms with Gasteiger partial charge in [0.1, 0.15) is 0 Å². The van der Waals surface area contributed by atoms with Crippen LogP contribution in [0.4, 0.5) is 0 Å². The Hall–Kier alpha value is -2.80. The third kappa shape index (κ3) is 4.36. The number of carbonyl (C=O) groups excluding carboxylic acids is 1. The van der Waals surface area contributed by atoms with E-state index in [2.05, 4.69) is 36.5 Å². The van der Waals surface area contributed by atoms with Crippen molar-refractivity contribution in [2.45, 2.75) is 6.54 Å². The summed E-state index contributed by atoms with van der Waals surface area (Å²) in [4.78, 5) is 15.9. The van der Waals surface area contributed by atoms with E-state index >= 15 is 0 Å². The molecule has 120 valence electrons. The Balaban J connectivity index is 1.59. The third-order valence-electron chi connectivity index (χ3n) is 3.22. The number of halogens is 1. The summed E-state index contributed by atoms with van der Waals surface area (Å²) < 4.78 is 2.74.